The summed E-state index contributed by atoms with van der Waals surface area (Å²) in [6.45, 7) is 3.61. The Balaban J connectivity index is 1.72. The predicted molar refractivity (Wildman–Crippen MR) is 140 cm³/mol. The highest BCUT2D eigenvalue weighted by atomic mass is 79.9. The van der Waals surface area contributed by atoms with Crippen LogP contribution in [0.15, 0.2) is 86.8 Å². The number of halogens is 2. The Labute approximate surface area is 212 Å². The summed E-state index contributed by atoms with van der Waals surface area (Å²) in [4.78, 5) is 9.32. The van der Waals surface area contributed by atoms with E-state index in [9.17, 15) is 0 Å². The number of allylic oxidation sites excluding steroid dienone is 2. The number of benzene rings is 2. The van der Waals surface area contributed by atoms with Crippen LogP contribution in [0.2, 0.25) is 0 Å². The molecule has 0 spiro atoms. The van der Waals surface area contributed by atoms with Crippen molar-refractivity contribution in [2.24, 2.45) is 10.9 Å². The fourth-order valence-electron chi connectivity index (χ4n) is 3.95. The normalized spacial score (nSPS) is 17.4. The van der Waals surface area contributed by atoms with Crippen LogP contribution in [-0.2, 0) is 13.1 Å². The summed E-state index contributed by atoms with van der Waals surface area (Å²) in [5, 5.41) is 0. The van der Waals surface area contributed by atoms with Crippen LogP contribution in [0.3, 0.4) is 0 Å². The van der Waals surface area contributed by atoms with E-state index in [2.05, 4.69) is 78.9 Å². The van der Waals surface area contributed by atoms with Crippen LogP contribution in [0.25, 0.3) is 0 Å². The predicted octanol–water partition coefficient (Wildman–Crippen LogP) is 6.77. The number of fused-ring (bicyclic) bond motifs is 1. The van der Waals surface area contributed by atoms with E-state index in [0.717, 1.165) is 38.5 Å². The molecule has 0 radical (unpaired) electrons. The van der Waals surface area contributed by atoms with Crippen LogP contribution in [0.5, 0.6) is 11.5 Å². The second-order valence-electron chi connectivity index (χ2n) is 7.87. The number of hydrogen-bond acceptors (Lipinski definition) is 5. The van der Waals surface area contributed by atoms with Gasteiger partial charge in [0.2, 0.25) is 0 Å². The summed E-state index contributed by atoms with van der Waals surface area (Å²) in [5.74, 6) is 2.93. The summed E-state index contributed by atoms with van der Waals surface area (Å²) in [5.41, 5.74) is 3.44. The van der Waals surface area contributed by atoms with Crippen molar-refractivity contribution < 1.29 is 9.47 Å². The largest absolute Gasteiger partial charge is 0.497 e. The van der Waals surface area contributed by atoms with E-state index in [1.54, 1.807) is 14.2 Å². The first-order valence-corrected chi connectivity index (χ1v) is 12.4. The quantitative estimate of drug-likeness (QED) is 0.343. The minimum Gasteiger partial charge on any atom is -0.497 e. The Morgan fingerprint density at radius 2 is 1.45 bits per heavy atom. The van der Waals surface area contributed by atoms with E-state index in [-0.39, 0.29) is 0 Å². The van der Waals surface area contributed by atoms with Crippen molar-refractivity contribution in [1.29, 1.82) is 0 Å². The zero-order valence-electron chi connectivity index (χ0n) is 19.0. The Bertz CT molecular complexity index is 1060. The minimum atomic E-state index is 0.297. The third kappa shape index (κ3) is 5.20. The van der Waals surface area contributed by atoms with E-state index in [4.69, 9.17) is 14.5 Å². The summed E-state index contributed by atoms with van der Waals surface area (Å²) >= 11 is 7.66. The lowest BCUT2D eigenvalue weighted by Gasteiger charge is -2.38. The van der Waals surface area contributed by atoms with Crippen LogP contribution in [0.1, 0.15) is 24.5 Å². The van der Waals surface area contributed by atoms with Gasteiger partial charge < -0.3 is 19.3 Å². The molecule has 1 unspecified atom stereocenters. The molecule has 0 aliphatic carbocycles. The molecule has 172 valence electrons. The Morgan fingerprint density at radius 3 is 1.94 bits per heavy atom. The Hall–Kier alpha value is -2.51. The first-order chi connectivity index (χ1) is 16.0. The molecule has 0 saturated carbocycles. The van der Waals surface area contributed by atoms with Crippen molar-refractivity contribution in [2.45, 2.75) is 26.4 Å². The van der Waals surface area contributed by atoms with Gasteiger partial charge >= 0.3 is 0 Å². The highest BCUT2D eigenvalue weighted by Crippen LogP contribution is 2.40. The lowest BCUT2D eigenvalue weighted by atomic mass is 10.0. The highest BCUT2D eigenvalue weighted by molar-refractivity contribution is 9.12. The summed E-state index contributed by atoms with van der Waals surface area (Å²) in [6, 6.07) is 16.4. The second kappa shape index (κ2) is 10.6. The van der Waals surface area contributed by atoms with Gasteiger partial charge in [0.25, 0.3) is 0 Å². The Morgan fingerprint density at radius 1 is 0.909 bits per heavy atom. The third-order valence-corrected chi connectivity index (χ3v) is 7.40. The molecule has 2 aromatic carbocycles. The molecule has 0 bridgehead atoms. The molecule has 0 amide bonds. The van der Waals surface area contributed by atoms with Crippen molar-refractivity contribution >= 4 is 37.7 Å². The number of methoxy groups -OCH3 is 2. The van der Waals surface area contributed by atoms with Gasteiger partial charge in [-0.1, -0.05) is 47.1 Å². The molecule has 0 saturated heterocycles. The van der Waals surface area contributed by atoms with E-state index >= 15 is 0 Å². The van der Waals surface area contributed by atoms with Gasteiger partial charge in [-0.3, -0.25) is 0 Å². The van der Waals surface area contributed by atoms with E-state index in [1.807, 2.05) is 36.7 Å². The summed E-state index contributed by atoms with van der Waals surface area (Å²) in [6.07, 6.45) is 7.08. The molecule has 0 N–H and O–H groups in total. The van der Waals surface area contributed by atoms with Crippen LogP contribution in [0, 0.1) is 5.92 Å². The topological polar surface area (TPSA) is 37.3 Å². The average Bonchev–Trinajstić information content (AvgIpc) is 2.86. The van der Waals surface area contributed by atoms with Crippen molar-refractivity contribution in [3.8, 4) is 11.5 Å². The number of nitrogens with zero attached hydrogens (tertiary/aromatic N) is 3. The van der Waals surface area contributed by atoms with E-state index < -0.39 is 0 Å². The fraction of sp³-hybridized carbons (Fsp3) is 0.269. The maximum absolute atomic E-state index is 5.34. The van der Waals surface area contributed by atoms with E-state index in [1.165, 1.54) is 11.1 Å². The first kappa shape index (κ1) is 23.6. The molecule has 0 fully saturated rings. The van der Waals surface area contributed by atoms with Crippen molar-refractivity contribution in [3.05, 3.63) is 92.9 Å². The van der Waals surface area contributed by atoms with Crippen LogP contribution in [-0.4, -0.2) is 29.9 Å². The van der Waals surface area contributed by atoms with Gasteiger partial charge in [-0.15, -0.1) is 0 Å². The van der Waals surface area contributed by atoms with Gasteiger partial charge in [-0.25, -0.2) is 4.99 Å². The first-order valence-electron chi connectivity index (χ1n) is 10.9. The number of amidine groups is 1. The molecule has 0 aromatic heterocycles. The molecule has 7 heteroatoms. The standard InChI is InChI=1S/C26H27Br2N3O2/c1-4-20-15-23(27)31-14-13-29-26(25(31)24(20)28)30(16-18-5-9-21(32-2)10-6-18)17-19-7-11-22(33-3)12-8-19/h5-15,20H,4,16-17H2,1-3H3. The van der Waals surface area contributed by atoms with Crippen molar-refractivity contribution in [1.82, 2.24) is 9.80 Å². The van der Waals surface area contributed by atoms with Gasteiger partial charge in [0.05, 0.1) is 24.5 Å². The summed E-state index contributed by atoms with van der Waals surface area (Å²) in [7, 11) is 3.37. The van der Waals surface area contributed by atoms with Gasteiger partial charge in [0.1, 0.15) is 11.5 Å². The van der Waals surface area contributed by atoms with Crippen LogP contribution in [0.4, 0.5) is 0 Å². The number of rotatable bonds is 7. The average molecular weight is 573 g/mol. The zero-order valence-corrected chi connectivity index (χ0v) is 22.1. The maximum atomic E-state index is 5.34. The number of ether oxygens (including phenoxy) is 2. The SMILES string of the molecule is CCC1C=C(Br)N2C=CN=C(N(Cc3ccc(OC)cc3)Cc3ccc(OC)cc3)C2=C1Br. The molecule has 33 heavy (non-hydrogen) atoms. The highest BCUT2D eigenvalue weighted by Gasteiger charge is 2.32. The monoisotopic (exact) mass is 571 g/mol. The molecule has 5 nitrogen and oxygen atoms in total. The van der Waals surface area contributed by atoms with Gasteiger partial charge in [0.15, 0.2) is 5.84 Å². The van der Waals surface area contributed by atoms with E-state index in [0.29, 0.717) is 19.0 Å². The molecule has 2 aliphatic heterocycles. The molecule has 2 aromatic rings. The van der Waals surface area contributed by atoms with Crippen LogP contribution >= 0.6 is 31.9 Å². The zero-order chi connectivity index (χ0) is 23.4. The molecule has 1 atom stereocenters. The number of aliphatic imine (C=N–C) groups is 1. The molecule has 2 heterocycles. The smallest absolute Gasteiger partial charge is 0.154 e. The Kier molecular flexibility index (Phi) is 7.60. The minimum absolute atomic E-state index is 0.297. The third-order valence-electron chi connectivity index (χ3n) is 5.79. The number of hydrogen-bond donors (Lipinski definition) is 0. The van der Waals surface area contributed by atoms with Gasteiger partial charge in [-0.05, 0) is 63.8 Å². The lowest BCUT2D eigenvalue weighted by Crippen LogP contribution is -2.39. The van der Waals surface area contributed by atoms with Crippen molar-refractivity contribution in [3.63, 3.8) is 0 Å². The molecule has 4 rings (SSSR count). The van der Waals surface area contributed by atoms with Gasteiger partial charge in [-0.2, -0.15) is 0 Å². The lowest BCUT2D eigenvalue weighted by molar-refractivity contribution is 0.391. The maximum Gasteiger partial charge on any atom is 0.154 e. The fourth-order valence-corrected chi connectivity index (χ4v) is 5.38. The molecule has 2 aliphatic rings. The molecular weight excluding hydrogens is 546 g/mol. The summed E-state index contributed by atoms with van der Waals surface area (Å²) < 4.78 is 12.9. The van der Waals surface area contributed by atoms with Crippen molar-refractivity contribution in [2.75, 3.05) is 14.2 Å². The van der Waals surface area contributed by atoms with Gasteiger partial charge in [0, 0.05) is 35.9 Å². The van der Waals surface area contributed by atoms with Crippen LogP contribution < -0.4 is 9.47 Å². The second-order valence-corrected chi connectivity index (χ2v) is 9.54. The molecular formula is C26H27Br2N3O2.